The summed E-state index contributed by atoms with van der Waals surface area (Å²) in [6.07, 6.45) is 7.52. The van der Waals surface area contributed by atoms with Gasteiger partial charge in [-0.1, -0.05) is 0 Å². The molecule has 2 aromatic heterocycles. The van der Waals surface area contributed by atoms with E-state index >= 15 is 0 Å². The van der Waals surface area contributed by atoms with Crippen molar-refractivity contribution in [2.75, 3.05) is 0 Å². The van der Waals surface area contributed by atoms with E-state index in [4.69, 9.17) is 0 Å². The van der Waals surface area contributed by atoms with Gasteiger partial charge < -0.3 is 9.67 Å². The molecule has 1 unspecified atom stereocenters. The molecule has 0 bridgehead atoms. The second-order valence-corrected chi connectivity index (χ2v) is 5.79. The van der Waals surface area contributed by atoms with E-state index in [0.29, 0.717) is 6.42 Å². The van der Waals surface area contributed by atoms with Crippen LogP contribution >= 0.6 is 11.3 Å². The minimum Gasteiger partial charge on any atom is -0.387 e. The van der Waals surface area contributed by atoms with Gasteiger partial charge in [0.1, 0.15) is 5.82 Å². The van der Waals surface area contributed by atoms with E-state index < -0.39 is 6.10 Å². The van der Waals surface area contributed by atoms with Crippen molar-refractivity contribution in [2.45, 2.75) is 31.8 Å². The first kappa shape index (κ1) is 11.0. The van der Waals surface area contributed by atoms with E-state index in [1.165, 1.54) is 29.7 Å². The Balaban J connectivity index is 1.77. The number of aromatic nitrogens is 2. The van der Waals surface area contributed by atoms with Crippen LogP contribution in [0, 0.1) is 0 Å². The molecular weight excluding hydrogens is 232 g/mol. The highest BCUT2D eigenvalue weighted by Crippen LogP contribution is 2.34. The lowest BCUT2D eigenvalue weighted by Gasteiger charge is -2.08. The predicted octanol–water partition coefficient (Wildman–Crippen LogP) is 2.25. The zero-order valence-corrected chi connectivity index (χ0v) is 10.7. The number of hydrogen-bond donors (Lipinski definition) is 1. The van der Waals surface area contributed by atoms with Gasteiger partial charge in [0.25, 0.3) is 0 Å². The lowest BCUT2D eigenvalue weighted by molar-refractivity contribution is 0.178. The summed E-state index contributed by atoms with van der Waals surface area (Å²) in [5, 5.41) is 10.2. The standard InChI is InChI=1S/C13H16N2OS/c1-15-6-5-14-13(15)8-10(16)12-7-9-3-2-4-11(9)17-12/h5-7,10,16H,2-4,8H2,1H3. The molecule has 0 amide bonds. The predicted molar refractivity (Wildman–Crippen MR) is 68.2 cm³/mol. The second-order valence-electron chi connectivity index (χ2n) is 4.63. The van der Waals surface area contributed by atoms with E-state index in [2.05, 4.69) is 11.1 Å². The summed E-state index contributed by atoms with van der Waals surface area (Å²) in [7, 11) is 1.96. The lowest BCUT2D eigenvalue weighted by atomic mass is 10.1. The van der Waals surface area contributed by atoms with Gasteiger partial charge >= 0.3 is 0 Å². The van der Waals surface area contributed by atoms with Crippen LogP contribution in [0.1, 0.15) is 33.7 Å². The average Bonchev–Trinajstić information content (AvgIpc) is 2.93. The van der Waals surface area contributed by atoms with Crippen LogP contribution in [-0.4, -0.2) is 14.7 Å². The number of aliphatic hydroxyl groups excluding tert-OH is 1. The number of rotatable bonds is 3. The molecule has 0 fully saturated rings. The number of hydrogen-bond acceptors (Lipinski definition) is 3. The molecule has 0 aliphatic heterocycles. The van der Waals surface area contributed by atoms with Crippen molar-refractivity contribution in [3.05, 3.63) is 39.6 Å². The molecule has 1 N–H and O–H groups in total. The van der Waals surface area contributed by atoms with Crippen LogP contribution in [0.3, 0.4) is 0 Å². The number of thiophene rings is 1. The number of aliphatic hydroxyl groups is 1. The van der Waals surface area contributed by atoms with Crippen LogP contribution in [0.2, 0.25) is 0 Å². The molecule has 2 heterocycles. The molecule has 1 aliphatic rings. The molecule has 0 saturated heterocycles. The van der Waals surface area contributed by atoms with E-state index in [1.807, 2.05) is 17.8 Å². The largest absolute Gasteiger partial charge is 0.387 e. The first-order valence-corrected chi connectivity index (χ1v) is 6.81. The van der Waals surface area contributed by atoms with Crippen LogP contribution in [0.25, 0.3) is 0 Å². The number of fused-ring (bicyclic) bond motifs is 1. The summed E-state index contributed by atoms with van der Waals surface area (Å²) in [6.45, 7) is 0. The first-order chi connectivity index (χ1) is 8.24. The molecule has 0 aromatic carbocycles. The molecule has 0 saturated carbocycles. The van der Waals surface area contributed by atoms with Crippen LogP contribution in [0.4, 0.5) is 0 Å². The summed E-state index contributed by atoms with van der Waals surface area (Å²) in [5.41, 5.74) is 1.45. The fourth-order valence-electron chi connectivity index (χ4n) is 2.38. The fraction of sp³-hybridized carbons (Fsp3) is 0.462. The van der Waals surface area contributed by atoms with Gasteiger partial charge in [-0.05, 0) is 30.9 Å². The Bertz CT molecular complexity index is 508. The van der Waals surface area contributed by atoms with Crippen molar-refractivity contribution < 1.29 is 5.11 Å². The Morgan fingerprint density at radius 3 is 3.12 bits per heavy atom. The first-order valence-electron chi connectivity index (χ1n) is 6.00. The maximum atomic E-state index is 10.2. The van der Waals surface area contributed by atoms with Gasteiger partial charge in [-0.15, -0.1) is 11.3 Å². The quantitative estimate of drug-likeness (QED) is 0.904. The van der Waals surface area contributed by atoms with E-state index in [0.717, 1.165) is 10.7 Å². The molecule has 17 heavy (non-hydrogen) atoms. The van der Waals surface area contributed by atoms with Gasteiger partial charge in [0.05, 0.1) is 6.10 Å². The fourth-order valence-corrected chi connectivity index (χ4v) is 3.63. The number of aryl methyl sites for hydroxylation is 3. The summed E-state index contributed by atoms with van der Waals surface area (Å²) < 4.78 is 1.96. The van der Waals surface area contributed by atoms with Crippen LogP contribution in [0.5, 0.6) is 0 Å². The van der Waals surface area contributed by atoms with E-state index in [1.54, 1.807) is 17.5 Å². The molecule has 90 valence electrons. The van der Waals surface area contributed by atoms with Gasteiger partial charge in [-0.2, -0.15) is 0 Å². The van der Waals surface area contributed by atoms with Gasteiger partial charge in [0.15, 0.2) is 0 Å². The topological polar surface area (TPSA) is 38.0 Å². The normalized spacial score (nSPS) is 16.1. The highest BCUT2D eigenvalue weighted by atomic mass is 32.1. The molecular formula is C13H16N2OS. The molecule has 2 aromatic rings. The average molecular weight is 248 g/mol. The summed E-state index contributed by atoms with van der Waals surface area (Å²) >= 11 is 1.77. The minimum atomic E-state index is -0.410. The van der Waals surface area contributed by atoms with Crippen molar-refractivity contribution in [3.8, 4) is 0 Å². The third-order valence-corrected chi connectivity index (χ3v) is 4.73. The minimum absolute atomic E-state index is 0.410. The van der Waals surface area contributed by atoms with Crippen LogP contribution in [-0.2, 0) is 26.3 Å². The smallest absolute Gasteiger partial charge is 0.111 e. The Morgan fingerprint density at radius 1 is 1.53 bits per heavy atom. The number of imidazole rings is 1. The molecule has 0 spiro atoms. The molecule has 3 rings (SSSR count). The number of nitrogens with zero attached hydrogens (tertiary/aromatic N) is 2. The Morgan fingerprint density at radius 2 is 2.41 bits per heavy atom. The van der Waals surface area contributed by atoms with Crippen molar-refractivity contribution in [2.24, 2.45) is 7.05 Å². The van der Waals surface area contributed by atoms with Crippen molar-refractivity contribution >= 4 is 11.3 Å². The third-order valence-electron chi connectivity index (χ3n) is 3.39. The Labute approximate surface area is 105 Å². The molecule has 3 nitrogen and oxygen atoms in total. The van der Waals surface area contributed by atoms with Crippen LogP contribution in [0.15, 0.2) is 18.5 Å². The monoisotopic (exact) mass is 248 g/mol. The molecule has 0 radical (unpaired) electrons. The zero-order valence-electron chi connectivity index (χ0n) is 9.89. The van der Waals surface area contributed by atoms with Gasteiger partial charge in [0.2, 0.25) is 0 Å². The van der Waals surface area contributed by atoms with Gasteiger partial charge in [0, 0.05) is 35.6 Å². The highest BCUT2D eigenvalue weighted by molar-refractivity contribution is 7.12. The van der Waals surface area contributed by atoms with Gasteiger partial charge in [-0.3, -0.25) is 0 Å². The maximum absolute atomic E-state index is 10.2. The van der Waals surface area contributed by atoms with Crippen molar-refractivity contribution in [1.82, 2.24) is 9.55 Å². The maximum Gasteiger partial charge on any atom is 0.111 e. The highest BCUT2D eigenvalue weighted by Gasteiger charge is 2.19. The third kappa shape index (κ3) is 2.03. The molecule has 4 heteroatoms. The summed E-state index contributed by atoms with van der Waals surface area (Å²) in [6, 6.07) is 2.18. The van der Waals surface area contributed by atoms with Gasteiger partial charge in [-0.25, -0.2) is 4.98 Å². The van der Waals surface area contributed by atoms with Crippen LogP contribution < -0.4 is 0 Å². The lowest BCUT2D eigenvalue weighted by Crippen LogP contribution is -2.05. The SMILES string of the molecule is Cn1ccnc1CC(O)c1cc2c(s1)CCC2. The molecule has 1 aliphatic carbocycles. The van der Waals surface area contributed by atoms with E-state index in [-0.39, 0.29) is 0 Å². The summed E-state index contributed by atoms with van der Waals surface area (Å²) in [5.74, 6) is 0.936. The van der Waals surface area contributed by atoms with Crippen molar-refractivity contribution in [3.63, 3.8) is 0 Å². The van der Waals surface area contributed by atoms with Crippen molar-refractivity contribution in [1.29, 1.82) is 0 Å². The second kappa shape index (κ2) is 4.27. The molecule has 1 atom stereocenters. The summed E-state index contributed by atoms with van der Waals surface area (Å²) in [4.78, 5) is 6.82. The van der Waals surface area contributed by atoms with E-state index in [9.17, 15) is 5.11 Å². The zero-order chi connectivity index (χ0) is 11.8. The Kier molecular flexibility index (Phi) is 2.76. The Hall–Kier alpha value is -1.13.